The van der Waals surface area contributed by atoms with Crippen LogP contribution < -0.4 is 11.1 Å². The molecule has 0 bridgehead atoms. The van der Waals surface area contributed by atoms with Crippen molar-refractivity contribution in [1.82, 2.24) is 15.1 Å². The van der Waals surface area contributed by atoms with Crippen LogP contribution in [0, 0.1) is 0 Å². The monoisotopic (exact) mass is 282 g/mol. The molecule has 1 saturated heterocycles. The highest BCUT2D eigenvalue weighted by Crippen LogP contribution is 2.32. The lowest BCUT2D eigenvalue weighted by molar-refractivity contribution is -0.126. The molecular formula is C15H30N4O. The Morgan fingerprint density at radius 2 is 2.10 bits per heavy atom. The van der Waals surface area contributed by atoms with E-state index in [9.17, 15) is 4.79 Å². The summed E-state index contributed by atoms with van der Waals surface area (Å²) in [5, 5.41) is 3.21. The molecule has 0 aromatic rings. The molecule has 2 fully saturated rings. The Balaban J connectivity index is 2.03. The topological polar surface area (TPSA) is 61.6 Å². The second-order valence-corrected chi connectivity index (χ2v) is 6.70. The lowest BCUT2D eigenvalue weighted by Gasteiger charge is -2.46. The standard InChI is InChI=1S/C15H30N4O/c1-17-15(14(16)20)8-4-6-12(10-15)19-9-5-7-13(11-19)18(2)3/h12-13,17H,4-11H2,1-3H3,(H2,16,20). The van der Waals surface area contributed by atoms with Crippen LogP contribution in [0.15, 0.2) is 0 Å². The Bertz CT molecular complexity index is 347. The number of primary amides is 1. The fourth-order valence-electron chi connectivity index (χ4n) is 3.87. The van der Waals surface area contributed by atoms with E-state index in [0.717, 1.165) is 32.4 Å². The summed E-state index contributed by atoms with van der Waals surface area (Å²) in [5.74, 6) is -0.189. The number of hydrogen-bond donors (Lipinski definition) is 2. The molecule has 116 valence electrons. The number of carbonyl (C=O) groups excluding carboxylic acids is 1. The first kappa shape index (κ1) is 15.7. The van der Waals surface area contributed by atoms with Crippen LogP contribution in [0.25, 0.3) is 0 Å². The van der Waals surface area contributed by atoms with Gasteiger partial charge < -0.3 is 16.0 Å². The molecule has 0 radical (unpaired) electrons. The molecule has 1 amide bonds. The van der Waals surface area contributed by atoms with E-state index in [2.05, 4.69) is 29.2 Å². The molecule has 0 spiro atoms. The number of likely N-dealkylation sites (N-methyl/N-ethyl adjacent to an activating group) is 2. The van der Waals surface area contributed by atoms with Crippen LogP contribution in [-0.2, 0) is 4.79 Å². The van der Waals surface area contributed by atoms with Crippen molar-refractivity contribution in [3.05, 3.63) is 0 Å². The molecule has 2 rings (SSSR count). The summed E-state index contributed by atoms with van der Waals surface area (Å²) in [6.45, 7) is 2.28. The van der Waals surface area contributed by atoms with Crippen LogP contribution in [0.5, 0.6) is 0 Å². The van der Waals surface area contributed by atoms with E-state index in [1.54, 1.807) is 0 Å². The Kier molecular flexibility index (Phi) is 5.04. The lowest BCUT2D eigenvalue weighted by Crippen LogP contribution is -2.61. The van der Waals surface area contributed by atoms with Crippen LogP contribution >= 0.6 is 0 Å². The zero-order chi connectivity index (χ0) is 14.8. The van der Waals surface area contributed by atoms with Crippen LogP contribution in [0.1, 0.15) is 38.5 Å². The van der Waals surface area contributed by atoms with Crippen molar-refractivity contribution in [2.75, 3.05) is 34.2 Å². The first-order chi connectivity index (χ1) is 9.48. The molecule has 20 heavy (non-hydrogen) atoms. The zero-order valence-electron chi connectivity index (χ0n) is 13.2. The summed E-state index contributed by atoms with van der Waals surface area (Å²) in [5.41, 5.74) is 5.16. The fraction of sp³-hybridized carbons (Fsp3) is 0.933. The molecular weight excluding hydrogens is 252 g/mol. The maximum atomic E-state index is 11.8. The van der Waals surface area contributed by atoms with Crippen molar-refractivity contribution in [3.63, 3.8) is 0 Å². The molecule has 0 aromatic carbocycles. The molecule has 3 unspecified atom stereocenters. The van der Waals surface area contributed by atoms with Crippen molar-refractivity contribution >= 4 is 5.91 Å². The first-order valence-electron chi connectivity index (χ1n) is 7.88. The van der Waals surface area contributed by atoms with E-state index >= 15 is 0 Å². The largest absolute Gasteiger partial charge is 0.368 e. The van der Waals surface area contributed by atoms with Gasteiger partial charge in [-0.3, -0.25) is 9.69 Å². The number of carbonyl (C=O) groups is 1. The molecule has 1 aliphatic carbocycles. The third-order valence-corrected chi connectivity index (χ3v) is 5.35. The second-order valence-electron chi connectivity index (χ2n) is 6.70. The fourth-order valence-corrected chi connectivity index (χ4v) is 3.87. The maximum absolute atomic E-state index is 11.8. The number of likely N-dealkylation sites (tertiary alicyclic amines) is 1. The van der Waals surface area contributed by atoms with Gasteiger partial charge in [-0.25, -0.2) is 0 Å². The number of rotatable bonds is 4. The molecule has 2 aliphatic rings. The molecule has 5 heteroatoms. The van der Waals surface area contributed by atoms with Crippen LogP contribution in [0.4, 0.5) is 0 Å². The number of nitrogens with two attached hydrogens (primary N) is 1. The van der Waals surface area contributed by atoms with Gasteiger partial charge in [0, 0.05) is 18.6 Å². The number of hydrogen-bond acceptors (Lipinski definition) is 4. The quantitative estimate of drug-likeness (QED) is 0.783. The highest BCUT2D eigenvalue weighted by atomic mass is 16.1. The van der Waals surface area contributed by atoms with Crippen molar-refractivity contribution in [3.8, 4) is 0 Å². The van der Waals surface area contributed by atoms with E-state index in [4.69, 9.17) is 5.73 Å². The van der Waals surface area contributed by atoms with Gasteiger partial charge in [-0.05, 0) is 66.2 Å². The summed E-state index contributed by atoms with van der Waals surface area (Å²) in [6.07, 6.45) is 6.54. The van der Waals surface area contributed by atoms with Gasteiger partial charge in [-0.1, -0.05) is 0 Å². The van der Waals surface area contributed by atoms with Gasteiger partial charge in [0.05, 0.1) is 5.54 Å². The summed E-state index contributed by atoms with van der Waals surface area (Å²) >= 11 is 0. The molecule has 5 nitrogen and oxygen atoms in total. The zero-order valence-corrected chi connectivity index (χ0v) is 13.2. The maximum Gasteiger partial charge on any atom is 0.237 e. The minimum Gasteiger partial charge on any atom is -0.368 e. The second kappa shape index (κ2) is 6.41. The highest BCUT2D eigenvalue weighted by Gasteiger charge is 2.42. The smallest absolute Gasteiger partial charge is 0.237 e. The molecule has 3 atom stereocenters. The average molecular weight is 282 g/mol. The molecule has 1 heterocycles. The SMILES string of the molecule is CNC1(C(N)=O)CCCC(N2CCCC(N(C)C)C2)C1. The summed E-state index contributed by atoms with van der Waals surface area (Å²) in [4.78, 5) is 16.8. The predicted molar refractivity (Wildman–Crippen MR) is 81.5 cm³/mol. The third kappa shape index (κ3) is 3.15. The Morgan fingerprint density at radius 3 is 2.70 bits per heavy atom. The van der Waals surface area contributed by atoms with Crippen LogP contribution in [0.2, 0.25) is 0 Å². The van der Waals surface area contributed by atoms with E-state index in [0.29, 0.717) is 12.1 Å². The van der Waals surface area contributed by atoms with Crippen molar-refractivity contribution in [1.29, 1.82) is 0 Å². The van der Waals surface area contributed by atoms with Crippen molar-refractivity contribution in [2.45, 2.75) is 56.1 Å². The Hall–Kier alpha value is -0.650. The molecule has 0 aromatic heterocycles. The molecule has 1 aliphatic heterocycles. The average Bonchev–Trinajstić information content (AvgIpc) is 2.47. The minimum absolute atomic E-state index is 0.189. The van der Waals surface area contributed by atoms with Crippen LogP contribution in [0.3, 0.4) is 0 Å². The van der Waals surface area contributed by atoms with Gasteiger partial charge >= 0.3 is 0 Å². The summed E-state index contributed by atoms with van der Waals surface area (Å²) in [7, 11) is 6.19. The molecule has 3 N–H and O–H groups in total. The highest BCUT2D eigenvalue weighted by molar-refractivity contribution is 5.84. The van der Waals surface area contributed by atoms with Crippen molar-refractivity contribution < 1.29 is 4.79 Å². The molecule has 1 saturated carbocycles. The predicted octanol–water partition coefficient (Wildman–Crippen LogP) is 0.399. The Morgan fingerprint density at radius 1 is 1.35 bits per heavy atom. The summed E-state index contributed by atoms with van der Waals surface area (Å²) in [6, 6.07) is 1.13. The number of nitrogens with zero attached hydrogens (tertiary/aromatic N) is 2. The van der Waals surface area contributed by atoms with Gasteiger partial charge in [-0.2, -0.15) is 0 Å². The Labute approximate surface area is 122 Å². The van der Waals surface area contributed by atoms with Gasteiger partial charge in [0.2, 0.25) is 5.91 Å². The summed E-state index contributed by atoms with van der Waals surface area (Å²) < 4.78 is 0. The van der Waals surface area contributed by atoms with Gasteiger partial charge in [0.1, 0.15) is 0 Å². The number of amides is 1. The third-order valence-electron chi connectivity index (χ3n) is 5.35. The van der Waals surface area contributed by atoms with Crippen LogP contribution in [-0.4, -0.2) is 67.6 Å². The normalized spacial score (nSPS) is 36.2. The van der Waals surface area contributed by atoms with Gasteiger partial charge in [-0.15, -0.1) is 0 Å². The van der Waals surface area contributed by atoms with E-state index < -0.39 is 5.54 Å². The lowest BCUT2D eigenvalue weighted by atomic mass is 9.77. The van der Waals surface area contributed by atoms with E-state index in [1.807, 2.05) is 7.05 Å². The van der Waals surface area contributed by atoms with E-state index in [1.165, 1.54) is 19.3 Å². The minimum atomic E-state index is -0.492. The van der Waals surface area contributed by atoms with E-state index in [-0.39, 0.29) is 5.91 Å². The number of piperidine rings is 1. The van der Waals surface area contributed by atoms with Gasteiger partial charge in [0.25, 0.3) is 0 Å². The number of nitrogens with one attached hydrogen (secondary N) is 1. The van der Waals surface area contributed by atoms with Gasteiger partial charge in [0.15, 0.2) is 0 Å². The first-order valence-corrected chi connectivity index (χ1v) is 7.88. The van der Waals surface area contributed by atoms with Crippen molar-refractivity contribution in [2.24, 2.45) is 5.73 Å².